The topological polar surface area (TPSA) is 133 Å². The normalized spacial score (nSPS) is 11.3. The minimum atomic E-state index is -3.59. The van der Waals surface area contributed by atoms with E-state index in [2.05, 4.69) is 9.98 Å². The first-order valence-electron chi connectivity index (χ1n) is 7.15. The van der Waals surface area contributed by atoms with Gasteiger partial charge in [-0.05, 0) is 31.0 Å². The van der Waals surface area contributed by atoms with Crippen molar-refractivity contribution in [3.8, 4) is 5.69 Å². The van der Waals surface area contributed by atoms with Gasteiger partial charge in [0.05, 0.1) is 22.6 Å². The summed E-state index contributed by atoms with van der Waals surface area (Å²) in [6.45, 7) is 3.65. The number of aryl methyl sites for hydroxylation is 2. The fraction of sp³-hybridized carbons (Fsp3) is 0.267. The molecule has 24 heavy (non-hydrogen) atoms. The number of nitrogens with two attached hydrogens (primary N) is 2. The van der Waals surface area contributed by atoms with Gasteiger partial charge < -0.3 is 16.0 Å². The van der Waals surface area contributed by atoms with Crippen molar-refractivity contribution in [3.63, 3.8) is 0 Å². The van der Waals surface area contributed by atoms with E-state index >= 15 is 0 Å². The highest BCUT2D eigenvalue weighted by Gasteiger charge is 2.21. The van der Waals surface area contributed by atoms with Crippen molar-refractivity contribution in [2.75, 3.05) is 6.26 Å². The molecule has 1 aromatic carbocycles. The summed E-state index contributed by atoms with van der Waals surface area (Å²) in [7, 11) is -3.59. The number of amides is 1. The number of aromatic nitrogens is 2. The van der Waals surface area contributed by atoms with Crippen molar-refractivity contribution < 1.29 is 13.2 Å². The maximum atomic E-state index is 12.2. The van der Waals surface area contributed by atoms with E-state index in [1.807, 2.05) is 6.92 Å². The molecule has 0 spiro atoms. The first-order chi connectivity index (χ1) is 11.1. The molecule has 0 unspecified atom stereocenters. The zero-order valence-corrected chi connectivity index (χ0v) is 14.5. The van der Waals surface area contributed by atoms with Gasteiger partial charge in [-0.1, -0.05) is 6.92 Å². The summed E-state index contributed by atoms with van der Waals surface area (Å²) in [4.78, 5) is 19.8. The van der Waals surface area contributed by atoms with E-state index in [1.54, 1.807) is 23.8 Å². The molecule has 2 aromatic rings. The smallest absolute Gasteiger partial charge is 0.280 e. The first-order valence-corrected chi connectivity index (χ1v) is 9.04. The molecule has 1 aromatic heterocycles. The molecule has 0 aliphatic rings. The molecular formula is C15H19N5O3S. The van der Waals surface area contributed by atoms with Gasteiger partial charge in [-0.25, -0.2) is 13.4 Å². The number of sulfone groups is 1. The summed E-state index contributed by atoms with van der Waals surface area (Å²) in [6.07, 6.45) is 4.82. The largest absolute Gasteiger partial charge is 0.370 e. The van der Waals surface area contributed by atoms with Gasteiger partial charge in [0.15, 0.2) is 15.8 Å². The van der Waals surface area contributed by atoms with Crippen LogP contribution in [0.3, 0.4) is 0 Å². The molecule has 0 fully saturated rings. The Kier molecular flexibility index (Phi) is 4.74. The third kappa shape index (κ3) is 3.62. The van der Waals surface area contributed by atoms with Gasteiger partial charge in [0.2, 0.25) is 0 Å². The van der Waals surface area contributed by atoms with Crippen molar-refractivity contribution in [2.24, 2.45) is 16.5 Å². The number of hydrogen-bond acceptors (Lipinski definition) is 4. The Balaban J connectivity index is 2.78. The van der Waals surface area contributed by atoms with Crippen LogP contribution in [0.15, 0.2) is 34.5 Å². The first kappa shape index (κ1) is 17.7. The molecule has 9 heteroatoms. The summed E-state index contributed by atoms with van der Waals surface area (Å²) in [6, 6.07) is 2.96. The van der Waals surface area contributed by atoms with Gasteiger partial charge in [0.1, 0.15) is 0 Å². The van der Waals surface area contributed by atoms with Crippen LogP contribution in [0, 0.1) is 6.92 Å². The Bertz CT molecular complexity index is 925. The predicted molar refractivity (Wildman–Crippen MR) is 90.9 cm³/mol. The molecule has 0 bridgehead atoms. The van der Waals surface area contributed by atoms with Gasteiger partial charge in [-0.15, -0.1) is 0 Å². The second-order valence-corrected chi connectivity index (χ2v) is 7.35. The van der Waals surface area contributed by atoms with E-state index < -0.39 is 15.7 Å². The minimum Gasteiger partial charge on any atom is -0.370 e. The van der Waals surface area contributed by atoms with Gasteiger partial charge >= 0.3 is 0 Å². The molecule has 4 N–H and O–H groups in total. The lowest BCUT2D eigenvalue weighted by Crippen LogP contribution is -2.24. The quantitative estimate of drug-likeness (QED) is 0.612. The summed E-state index contributed by atoms with van der Waals surface area (Å²) in [5.74, 6) is -1.05. The number of nitrogens with zero attached hydrogens (tertiary/aromatic N) is 3. The van der Waals surface area contributed by atoms with E-state index in [0.717, 1.165) is 11.9 Å². The maximum absolute atomic E-state index is 12.2. The lowest BCUT2D eigenvalue weighted by Gasteiger charge is -2.14. The molecular weight excluding hydrogens is 330 g/mol. The minimum absolute atomic E-state index is 0.00578. The van der Waals surface area contributed by atoms with Crippen molar-refractivity contribution >= 4 is 21.7 Å². The maximum Gasteiger partial charge on any atom is 0.280 e. The number of carbonyl (C=O) groups is 1. The van der Waals surface area contributed by atoms with Gasteiger partial charge in [0, 0.05) is 18.0 Å². The molecule has 0 radical (unpaired) electrons. The highest BCUT2D eigenvalue weighted by molar-refractivity contribution is 7.90. The molecule has 0 atom stereocenters. The number of carbonyl (C=O) groups excluding carboxylic acids is 1. The number of benzene rings is 1. The fourth-order valence-electron chi connectivity index (χ4n) is 2.33. The van der Waals surface area contributed by atoms with Crippen molar-refractivity contribution in [1.82, 2.24) is 9.55 Å². The van der Waals surface area contributed by atoms with E-state index in [1.165, 1.54) is 12.4 Å². The highest BCUT2D eigenvalue weighted by Crippen LogP contribution is 2.26. The Morgan fingerprint density at radius 1 is 1.33 bits per heavy atom. The second-order valence-electron chi connectivity index (χ2n) is 5.37. The van der Waals surface area contributed by atoms with Crippen LogP contribution >= 0.6 is 0 Å². The third-order valence-corrected chi connectivity index (χ3v) is 4.54. The van der Waals surface area contributed by atoms with Crippen LogP contribution in [0.1, 0.15) is 28.5 Å². The molecule has 0 saturated carbocycles. The van der Waals surface area contributed by atoms with Crippen LogP contribution in [0.2, 0.25) is 0 Å². The molecule has 0 aliphatic heterocycles. The predicted octanol–water partition coefficient (Wildman–Crippen LogP) is 0.560. The molecule has 8 nitrogen and oxygen atoms in total. The van der Waals surface area contributed by atoms with Crippen molar-refractivity contribution in [1.29, 1.82) is 0 Å². The molecule has 0 aliphatic carbocycles. The standard InChI is InChI=1S/C15H19N5O3S/c1-4-10-5-12(20-7-9(2)18-8-20)13(24(3,22)23)6-11(10)14(21)19-15(16)17/h5-8H,4H2,1-3H3,(H4,16,17,19,21). The second kappa shape index (κ2) is 6.44. The van der Waals surface area contributed by atoms with Crippen LogP contribution < -0.4 is 11.5 Å². The molecule has 1 heterocycles. The van der Waals surface area contributed by atoms with E-state index in [0.29, 0.717) is 17.7 Å². The molecule has 128 valence electrons. The zero-order chi connectivity index (χ0) is 18.1. The van der Waals surface area contributed by atoms with Crippen LogP contribution in [-0.2, 0) is 16.3 Å². The van der Waals surface area contributed by atoms with E-state index in [-0.39, 0.29) is 16.4 Å². The van der Waals surface area contributed by atoms with Crippen molar-refractivity contribution in [2.45, 2.75) is 25.2 Å². The Morgan fingerprint density at radius 2 is 2.00 bits per heavy atom. The number of guanidine groups is 1. The Morgan fingerprint density at radius 3 is 2.46 bits per heavy atom. The number of rotatable bonds is 4. The van der Waals surface area contributed by atoms with E-state index in [9.17, 15) is 13.2 Å². The summed E-state index contributed by atoms with van der Waals surface area (Å²) >= 11 is 0. The number of aliphatic imine (C=N–C) groups is 1. The SMILES string of the molecule is CCc1cc(-n2cnc(C)c2)c(S(C)(=O)=O)cc1C(=O)N=C(N)N. The lowest BCUT2D eigenvalue weighted by atomic mass is 10.0. The Hall–Kier alpha value is -2.68. The number of hydrogen-bond donors (Lipinski definition) is 2. The van der Waals surface area contributed by atoms with Crippen LogP contribution in [0.25, 0.3) is 5.69 Å². The molecule has 0 saturated heterocycles. The fourth-order valence-corrected chi connectivity index (χ4v) is 3.21. The Labute approximate surface area is 140 Å². The van der Waals surface area contributed by atoms with Gasteiger partial charge in [-0.3, -0.25) is 4.79 Å². The van der Waals surface area contributed by atoms with Gasteiger partial charge in [0.25, 0.3) is 5.91 Å². The lowest BCUT2D eigenvalue weighted by molar-refractivity contribution is 0.100. The number of imidazole rings is 1. The monoisotopic (exact) mass is 349 g/mol. The average molecular weight is 349 g/mol. The van der Waals surface area contributed by atoms with Crippen LogP contribution in [0.5, 0.6) is 0 Å². The third-order valence-electron chi connectivity index (χ3n) is 3.42. The summed E-state index contributed by atoms with van der Waals surface area (Å²) < 4.78 is 26.0. The van der Waals surface area contributed by atoms with Crippen molar-refractivity contribution in [3.05, 3.63) is 41.5 Å². The zero-order valence-electron chi connectivity index (χ0n) is 13.6. The highest BCUT2D eigenvalue weighted by atomic mass is 32.2. The van der Waals surface area contributed by atoms with Gasteiger partial charge in [-0.2, -0.15) is 4.99 Å². The summed E-state index contributed by atoms with van der Waals surface area (Å²) in [5.41, 5.74) is 12.5. The van der Waals surface area contributed by atoms with Crippen LogP contribution in [-0.4, -0.2) is 36.1 Å². The average Bonchev–Trinajstić information content (AvgIpc) is 2.90. The summed E-state index contributed by atoms with van der Waals surface area (Å²) in [5, 5.41) is 0. The molecule has 2 rings (SSSR count). The van der Waals surface area contributed by atoms with E-state index in [4.69, 9.17) is 11.5 Å². The van der Waals surface area contributed by atoms with Crippen LogP contribution in [0.4, 0.5) is 0 Å². The molecule has 1 amide bonds.